The van der Waals surface area contributed by atoms with Crippen LogP contribution in [0.3, 0.4) is 0 Å². The molecule has 0 spiro atoms. The Morgan fingerprint density at radius 3 is 2.40 bits per heavy atom. The van der Waals surface area contributed by atoms with Crippen LogP contribution in [0.2, 0.25) is 0 Å². The number of benzene rings is 1. The number of nitrogens with one attached hydrogen (secondary N) is 1. The molecule has 2 heterocycles. The molecule has 0 bridgehead atoms. The van der Waals surface area contributed by atoms with E-state index in [-0.39, 0.29) is 11.3 Å². The van der Waals surface area contributed by atoms with Crippen LogP contribution in [0.5, 0.6) is 0 Å². The van der Waals surface area contributed by atoms with Gasteiger partial charge in [0.1, 0.15) is 0 Å². The molecule has 0 aliphatic carbocycles. The number of carbonyl (C=O) groups is 1. The number of nitrogens with zero attached hydrogens (tertiary/aromatic N) is 3. The number of hydrogen-bond donors (Lipinski definition) is 1. The Bertz CT molecular complexity index is 874. The van der Waals surface area contributed by atoms with E-state index < -0.39 is 0 Å². The lowest BCUT2D eigenvalue weighted by atomic mass is 9.87. The Hall–Kier alpha value is -2.95. The highest BCUT2D eigenvalue weighted by Gasteiger charge is 2.17. The van der Waals surface area contributed by atoms with Gasteiger partial charge in [-0.3, -0.25) is 4.79 Å². The highest BCUT2D eigenvalue weighted by atomic mass is 16.1. The second kappa shape index (κ2) is 6.51. The maximum atomic E-state index is 12.6. The Labute approximate surface area is 147 Å². The molecule has 128 valence electrons. The molecule has 0 aliphatic heterocycles. The molecular formula is C20H22N4O. The summed E-state index contributed by atoms with van der Waals surface area (Å²) in [5, 5.41) is 7.22. The van der Waals surface area contributed by atoms with E-state index in [1.165, 1.54) is 5.56 Å². The number of carbonyl (C=O) groups excluding carboxylic acids is 1. The molecule has 1 aromatic carbocycles. The summed E-state index contributed by atoms with van der Waals surface area (Å²) in [5.74, 6) is 0.511. The second-order valence-corrected chi connectivity index (χ2v) is 7.02. The molecule has 0 unspecified atom stereocenters. The fourth-order valence-corrected chi connectivity index (χ4v) is 2.59. The molecule has 0 radical (unpaired) electrons. The van der Waals surface area contributed by atoms with Gasteiger partial charge >= 0.3 is 0 Å². The van der Waals surface area contributed by atoms with Gasteiger partial charge in [-0.05, 0) is 42.2 Å². The summed E-state index contributed by atoms with van der Waals surface area (Å²) >= 11 is 0. The Balaban J connectivity index is 1.79. The van der Waals surface area contributed by atoms with Crippen LogP contribution in [0.25, 0.3) is 5.82 Å². The van der Waals surface area contributed by atoms with Crippen molar-refractivity contribution in [2.45, 2.75) is 33.1 Å². The molecule has 1 amide bonds. The molecule has 25 heavy (non-hydrogen) atoms. The monoisotopic (exact) mass is 334 g/mol. The van der Waals surface area contributed by atoms with Crippen LogP contribution in [0.1, 0.15) is 42.4 Å². The van der Waals surface area contributed by atoms with Gasteiger partial charge in [-0.2, -0.15) is 5.10 Å². The van der Waals surface area contributed by atoms with E-state index in [1.807, 2.05) is 49.4 Å². The minimum absolute atomic E-state index is 0.0863. The van der Waals surface area contributed by atoms with Gasteiger partial charge in [-0.15, -0.1) is 0 Å². The molecule has 5 nitrogen and oxygen atoms in total. The summed E-state index contributed by atoms with van der Waals surface area (Å²) in [6, 6.07) is 13.5. The van der Waals surface area contributed by atoms with E-state index in [2.05, 4.69) is 36.2 Å². The van der Waals surface area contributed by atoms with E-state index in [0.29, 0.717) is 11.4 Å². The van der Waals surface area contributed by atoms with Crippen molar-refractivity contribution in [1.29, 1.82) is 0 Å². The van der Waals surface area contributed by atoms with Crippen LogP contribution >= 0.6 is 0 Å². The first-order chi connectivity index (χ1) is 11.9. The van der Waals surface area contributed by atoms with E-state index >= 15 is 0 Å². The van der Waals surface area contributed by atoms with E-state index in [9.17, 15) is 4.79 Å². The summed E-state index contributed by atoms with van der Waals surface area (Å²) in [5.41, 5.74) is 3.36. The first-order valence-electron chi connectivity index (χ1n) is 8.24. The average molecular weight is 334 g/mol. The highest BCUT2D eigenvalue weighted by molar-refractivity contribution is 6.04. The molecule has 5 heteroatoms. The molecule has 3 rings (SSSR count). The van der Waals surface area contributed by atoms with Crippen molar-refractivity contribution in [3.8, 4) is 5.82 Å². The van der Waals surface area contributed by atoms with Crippen LogP contribution < -0.4 is 5.32 Å². The number of amides is 1. The summed E-state index contributed by atoms with van der Waals surface area (Å²) in [6.07, 6.45) is 3.27. The minimum Gasteiger partial charge on any atom is -0.322 e. The lowest BCUT2D eigenvalue weighted by Gasteiger charge is -2.19. The molecule has 2 aromatic heterocycles. The van der Waals surface area contributed by atoms with Crippen molar-refractivity contribution in [2.75, 3.05) is 5.32 Å². The largest absolute Gasteiger partial charge is 0.322 e. The summed E-state index contributed by atoms with van der Waals surface area (Å²) < 4.78 is 1.66. The summed E-state index contributed by atoms with van der Waals surface area (Å²) in [4.78, 5) is 16.8. The standard InChI is InChI=1S/C20H22N4O/c1-14-17(13-22-24(14)18-7-5-6-12-21-18)19(25)23-16-10-8-15(9-11-16)20(2,3)4/h5-13H,1-4H3,(H,23,25). The van der Waals surface area contributed by atoms with E-state index in [1.54, 1.807) is 17.1 Å². The van der Waals surface area contributed by atoms with Crippen molar-refractivity contribution in [3.63, 3.8) is 0 Å². The number of anilines is 1. The van der Waals surface area contributed by atoms with Gasteiger partial charge in [-0.1, -0.05) is 39.0 Å². The van der Waals surface area contributed by atoms with Gasteiger partial charge in [0.15, 0.2) is 5.82 Å². The predicted molar refractivity (Wildman–Crippen MR) is 99.2 cm³/mol. The molecule has 0 saturated heterocycles. The quantitative estimate of drug-likeness (QED) is 0.783. The molecule has 0 aliphatic rings. The van der Waals surface area contributed by atoms with Crippen molar-refractivity contribution in [3.05, 3.63) is 71.7 Å². The summed E-state index contributed by atoms with van der Waals surface area (Å²) in [6.45, 7) is 8.35. The van der Waals surface area contributed by atoms with Gasteiger partial charge in [0.25, 0.3) is 5.91 Å². The third kappa shape index (κ3) is 3.60. The molecule has 1 N–H and O–H groups in total. The third-order valence-corrected chi connectivity index (χ3v) is 4.13. The molecule has 0 fully saturated rings. The fourth-order valence-electron chi connectivity index (χ4n) is 2.59. The van der Waals surface area contributed by atoms with Crippen LogP contribution in [-0.2, 0) is 5.41 Å². The second-order valence-electron chi connectivity index (χ2n) is 7.02. The first-order valence-corrected chi connectivity index (χ1v) is 8.24. The maximum absolute atomic E-state index is 12.6. The van der Waals surface area contributed by atoms with Crippen molar-refractivity contribution < 1.29 is 4.79 Å². The van der Waals surface area contributed by atoms with Crippen LogP contribution in [0, 0.1) is 6.92 Å². The van der Waals surface area contributed by atoms with E-state index in [4.69, 9.17) is 0 Å². The molecule has 0 atom stereocenters. The first kappa shape index (κ1) is 16.9. The summed E-state index contributed by atoms with van der Waals surface area (Å²) in [7, 11) is 0. The lowest BCUT2D eigenvalue weighted by molar-refractivity contribution is 0.102. The normalized spacial score (nSPS) is 11.4. The average Bonchev–Trinajstić information content (AvgIpc) is 2.97. The van der Waals surface area contributed by atoms with Crippen molar-refractivity contribution >= 4 is 11.6 Å². The van der Waals surface area contributed by atoms with Gasteiger partial charge < -0.3 is 5.32 Å². The van der Waals surface area contributed by atoms with Gasteiger partial charge in [0.2, 0.25) is 0 Å². The van der Waals surface area contributed by atoms with Gasteiger partial charge in [-0.25, -0.2) is 9.67 Å². The lowest BCUT2D eigenvalue weighted by Crippen LogP contribution is -2.14. The Morgan fingerprint density at radius 2 is 1.80 bits per heavy atom. The number of rotatable bonds is 3. The van der Waals surface area contributed by atoms with E-state index in [0.717, 1.165) is 11.4 Å². The zero-order chi connectivity index (χ0) is 18.0. The zero-order valence-electron chi connectivity index (χ0n) is 14.9. The predicted octanol–water partition coefficient (Wildman–Crippen LogP) is 4.13. The SMILES string of the molecule is Cc1c(C(=O)Nc2ccc(C(C)(C)C)cc2)cnn1-c1ccccn1. The van der Waals surface area contributed by atoms with Gasteiger partial charge in [0.05, 0.1) is 17.5 Å². The van der Waals surface area contributed by atoms with Crippen molar-refractivity contribution in [1.82, 2.24) is 14.8 Å². The van der Waals surface area contributed by atoms with Crippen LogP contribution in [-0.4, -0.2) is 20.7 Å². The fraction of sp³-hybridized carbons (Fsp3) is 0.250. The minimum atomic E-state index is -0.178. The zero-order valence-corrected chi connectivity index (χ0v) is 14.9. The topological polar surface area (TPSA) is 59.8 Å². The highest BCUT2D eigenvalue weighted by Crippen LogP contribution is 2.24. The Kier molecular flexibility index (Phi) is 4.40. The number of pyridine rings is 1. The number of hydrogen-bond acceptors (Lipinski definition) is 3. The molecule has 3 aromatic rings. The molecule has 0 saturated carbocycles. The molecular weight excluding hydrogens is 312 g/mol. The van der Waals surface area contributed by atoms with Gasteiger partial charge in [0, 0.05) is 11.9 Å². The third-order valence-electron chi connectivity index (χ3n) is 4.13. The van der Waals surface area contributed by atoms with Crippen molar-refractivity contribution in [2.24, 2.45) is 0 Å². The van der Waals surface area contributed by atoms with Crippen LogP contribution in [0.4, 0.5) is 5.69 Å². The Morgan fingerprint density at radius 1 is 1.08 bits per heavy atom. The number of aromatic nitrogens is 3. The van der Waals surface area contributed by atoms with Crippen LogP contribution in [0.15, 0.2) is 54.9 Å². The maximum Gasteiger partial charge on any atom is 0.259 e. The smallest absolute Gasteiger partial charge is 0.259 e.